The number of aliphatic carboxylic acids is 1. The lowest BCUT2D eigenvalue weighted by Gasteiger charge is -2.19. The van der Waals surface area contributed by atoms with E-state index in [-0.39, 0.29) is 16.9 Å². The number of aryl methyl sites for hydroxylation is 1. The average molecular weight is 443 g/mol. The van der Waals surface area contributed by atoms with E-state index >= 15 is 0 Å². The third kappa shape index (κ3) is 3.82. The molecule has 1 aliphatic rings. The summed E-state index contributed by atoms with van der Waals surface area (Å²) in [5.74, 6) is -2.10. The fourth-order valence-electron chi connectivity index (χ4n) is 3.31. The van der Waals surface area contributed by atoms with Gasteiger partial charge in [0.1, 0.15) is 11.3 Å². The van der Waals surface area contributed by atoms with E-state index in [2.05, 4.69) is 0 Å². The number of allylic oxidation sites excluding steroid dienone is 4. The highest BCUT2D eigenvalue weighted by molar-refractivity contribution is 6.38. The second-order valence-electron chi connectivity index (χ2n) is 6.80. The van der Waals surface area contributed by atoms with Crippen LogP contribution in [0.25, 0.3) is 5.57 Å². The molecular weight excluding hydrogens is 427 g/mol. The molecule has 0 radical (unpaired) electrons. The lowest BCUT2D eigenvalue weighted by molar-refractivity contribution is -0.134. The molecule has 0 saturated heterocycles. The monoisotopic (exact) mass is 442 g/mol. The van der Waals surface area contributed by atoms with Crippen LogP contribution in [-0.2, 0) is 9.59 Å². The first-order chi connectivity index (χ1) is 14.1. The van der Waals surface area contributed by atoms with Crippen molar-refractivity contribution in [2.75, 3.05) is 0 Å². The third-order valence-electron chi connectivity index (χ3n) is 4.75. The second-order valence-corrected chi connectivity index (χ2v) is 7.61. The molecule has 2 N–H and O–H groups in total. The van der Waals surface area contributed by atoms with Gasteiger partial charge in [0.15, 0.2) is 12.1 Å². The van der Waals surface area contributed by atoms with Gasteiger partial charge >= 0.3 is 5.97 Å². The van der Waals surface area contributed by atoms with Gasteiger partial charge in [-0.2, -0.15) is 0 Å². The van der Waals surface area contributed by atoms with Crippen molar-refractivity contribution in [2.24, 2.45) is 0 Å². The smallest absolute Gasteiger partial charge is 0.339 e. The number of aldehydes is 1. The Labute approximate surface area is 182 Å². The summed E-state index contributed by atoms with van der Waals surface area (Å²) >= 11 is 12.9. The molecule has 30 heavy (non-hydrogen) atoms. The molecule has 0 fully saturated rings. The topological polar surface area (TPSA) is 91.7 Å². The van der Waals surface area contributed by atoms with Gasteiger partial charge in [-0.15, -0.1) is 0 Å². The van der Waals surface area contributed by atoms with Crippen LogP contribution in [0.5, 0.6) is 5.75 Å². The molecule has 0 bridgehead atoms. The van der Waals surface area contributed by atoms with Crippen LogP contribution in [0.2, 0.25) is 10.0 Å². The van der Waals surface area contributed by atoms with Crippen molar-refractivity contribution in [3.8, 4) is 5.75 Å². The molecule has 0 atom stereocenters. The molecule has 0 heterocycles. The summed E-state index contributed by atoms with van der Waals surface area (Å²) in [6.07, 6.45) is 3.33. The van der Waals surface area contributed by atoms with E-state index < -0.39 is 17.3 Å². The number of halogens is 2. The van der Waals surface area contributed by atoms with E-state index in [9.17, 15) is 24.6 Å². The van der Waals surface area contributed by atoms with Gasteiger partial charge in [-0.05, 0) is 78.1 Å². The zero-order valence-electron chi connectivity index (χ0n) is 16.0. The van der Waals surface area contributed by atoms with E-state index in [1.165, 1.54) is 19.1 Å². The number of ketones is 1. The number of hydrogen-bond acceptors (Lipinski definition) is 4. The summed E-state index contributed by atoms with van der Waals surface area (Å²) in [7, 11) is 0. The lowest BCUT2D eigenvalue weighted by atomic mass is 9.85. The number of phenolic OH excluding ortho intramolecular Hbond substituents is 1. The zero-order chi connectivity index (χ0) is 22.2. The van der Waals surface area contributed by atoms with Crippen LogP contribution in [0.3, 0.4) is 0 Å². The van der Waals surface area contributed by atoms with Crippen molar-refractivity contribution < 1.29 is 24.6 Å². The van der Waals surface area contributed by atoms with Crippen molar-refractivity contribution in [1.29, 1.82) is 0 Å². The van der Waals surface area contributed by atoms with Gasteiger partial charge in [-0.3, -0.25) is 9.59 Å². The number of benzene rings is 2. The van der Waals surface area contributed by atoms with Gasteiger partial charge in [0, 0.05) is 15.6 Å². The maximum absolute atomic E-state index is 12.3. The van der Waals surface area contributed by atoms with E-state index in [4.69, 9.17) is 23.2 Å². The molecule has 0 spiro atoms. The maximum Gasteiger partial charge on any atom is 0.339 e. The molecule has 0 aliphatic heterocycles. The Bertz CT molecular complexity index is 1180. The summed E-state index contributed by atoms with van der Waals surface area (Å²) in [6.45, 7) is 3.15. The van der Waals surface area contributed by atoms with E-state index in [1.54, 1.807) is 37.3 Å². The Morgan fingerprint density at radius 3 is 2.27 bits per heavy atom. The molecule has 7 heteroatoms. The Balaban J connectivity index is 2.48. The first-order valence-corrected chi connectivity index (χ1v) is 9.57. The van der Waals surface area contributed by atoms with Crippen molar-refractivity contribution in [3.05, 3.63) is 91.5 Å². The molecule has 3 rings (SSSR count). The molecule has 152 valence electrons. The maximum atomic E-state index is 12.3. The minimum atomic E-state index is -1.36. The Hall–Kier alpha value is -3.15. The Morgan fingerprint density at radius 1 is 1.07 bits per heavy atom. The fourth-order valence-corrected chi connectivity index (χ4v) is 3.90. The van der Waals surface area contributed by atoms with Crippen molar-refractivity contribution >= 4 is 46.8 Å². The van der Waals surface area contributed by atoms with Gasteiger partial charge in [0.05, 0.1) is 5.56 Å². The average Bonchev–Trinajstić information content (AvgIpc) is 2.69. The number of phenols is 1. The minimum Gasteiger partial charge on any atom is -0.507 e. The number of Topliss-reactive ketones (excluding diaryl/α,β-unsaturated/α-hetero) is 1. The molecular formula is C23H16Cl2O5. The predicted molar refractivity (Wildman–Crippen MR) is 115 cm³/mol. The molecule has 0 saturated carbocycles. The van der Waals surface area contributed by atoms with Gasteiger partial charge in [0.2, 0.25) is 0 Å². The summed E-state index contributed by atoms with van der Waals surface area (Å²) in [5.41, 5.74) is 2.05. The van der Waals surface area contributed by atoms with E-state index in [0.29, 0.717) is 44.2 Å². The zero-order valence-corrected chi connectivity index (χ0v) is 17.5. The van der Waals surface area contributed by atoms with Crippen LogP contribution < -0.4 is 0 Å². The number of carboxylic acid groups (broad SMARTS) is 1. The predicted octanol–water partition coefficient (Wildman–Crippen LogP) is 5.16. The van der Waals surface area contributed by atoms with E-state index in [0.717, 1.165) is 0 Å². The van der Waals surface area contributed by atoms with Crippen molar-refractivity contribution in [3.63, 3.8) is 0 Å². The van der Waals surface area contributed by atoms with Gasteiger partial charge in [0.25, 0.3) is 0 Å². The van der Waals surface area contributed by atoms with Crippen molar-refractivity contribution in [1.82, 2.24) is 0 Å². The molecule has 2 aromatic carbocycles. The first kappa shape index (κ1) is 21.6. The molecule has 1 aliphatic carbocycles. The SMILES string of the molecule is CC1=CC(=C(c2cc(C)c(O)c(C=O)c2)c2c(Cl)cccc2Cl)C=C(C(=O)O)C1=O. The Morgan fingerprint density at radius 2 is 1.70 bits per heavy atom. The number of carbonyl (C=O) groups is 3. The molecule has 0 aromatic heterocycles. The number of rotatable bonds is 4. The highest BCUT2D eigenvalue weighted by atomic mass is 35.5. The first-order valence-electron chi connectivity index (χ1n) is 8.81. The van der Waals surface area contributed by atoms with Crippen LogP contribution in [0.4, 0.5) is 0 Å². The molecule has 5 nitrogen and oxygen atoms in total. The lowest BCUT2D eigenvalue weighted by Crippen LogP contribution is -2.17. The molecule has 0 amide bonds. The summed E-state index contributed by atoms with van der Waals surface area (Å²) in [4.78, 5) is 35.3. The van der Waals surface area contributed by atoms with Gasteiger partial charge < -0.3 is 10.2 Å². The van der Waals surface area contributed by atoms with Gasteiger partial charge in [-0.25, -0.2) is 4.79 Å². The van der Waals surface area contributed by atoms with Crippen LogP contribution in [-0.4, -0.2) is 28.3 Å². The molecule has 2 aromatic rings. The minimum absolute atomic E-state index is 0.0568. The Kier molecular flexibility index (Phi) is 5.97. The van der Waals surface area contributed by atoms with Crippen molar-refractivity contribution in [2.45, 2.75) is 13.8 Å². The number of hydrogen-bond donors (Lipinski definition) is 2. The largest absolute Gasteiger partial charge is 0.507 e. The normalized spacial score (nSPS) is 15.4. The quantitative estimate of drug-likeness (QED) is 0.503. The second kappa shape index (κ2) is 8.30. The van der Waals surface area contributed by atoms with E-state index in [1.807, 2.05) is 0 Å². The number of carbonyl (C=O) groups excluding carboxylic acids is 2. The highest BCUT2D eigenvalue weighted by Crippen LogP contribution is 2.40. The van der Waals surface area contributed by atoms with Crippen LogP contribution in [0.15, 0.2) is 59.2 Å². The summed E-state index contributed by atoms with van der Waals surface area (Å²) in [5, 5.41) is 20.2. The fraction of sp³-hybridized carbons (Fsp3) is 0.0870. The third-order valence-corrected chi connectivity index (χ3v) is 5.38. The highest BCUT2D eigenvalue weighted by Gasteiger charge is 2.26. The number of carboxylic acids is 1. The van der Waals surface area contributed by atoms with Crippen LogP contribution in [0, 0.1) is 6.92 Å². The van der Waals surface area contributed by atoms with Gasteiger partial charge in [-0.1, -0.05) is 29.3 Å². The summed E-state index contributed by atoms with van der Waals surface area (Å²) < 4.78 is 0. The number of aromatic hydroxyl groups is 1. The molecule has 0 unspecified atom stereocenters. The summed E-state index contributed by atoms with van der Waals surface area (Å²) in [6, 6.07) is 8.02. The van der Waals surface area contributed by atoms with Crippen LogP contribution >= 0.6 is 23.2 Å². The standard InChI is InChI=1S/C23H16Cl2O5/c1-11-6-13(8-15(10-26)21(11)27)19(20-17(24)4-3-5-18(20)25)14-7-12(2)22(28)16(9-14)23(29)30/h3-10,27H,1-2H3,(H,29,30). The van der Waals surface area contributed by atoms with Crippen LogP contribution in [0.1, 0.15) is 34.0 Å².